The zero-order chi connectivity index (χ0) is 21.1. The number of rotatable bonds is 6. The van der Waals surface area contributed by atoms with E-state index in [1.807, 2.05) is 48.7 Å². The van der Waals surface area contributed by atoms with Crippen LogP contribution in [0.2, 0.25) is 0 Å². The Morgan fingerprint density at radius 3 is 2.00 bits per heavy atom. The Kier molecular flexibility index (Phi) is 5.44. The van der Waals surface area contributed by atoms with Crippen LogP contribution in [0.5, 0.6) is 23.0 Å². The molecule has 5 heteroatoms. The third kappa shape index (κ3) is 3.39. The van der Waals surface area contributed by atoms with Gasteiger partial charge < -0.3 is 18.9 Å². The summed E-state index contributed by atoms with van der Waals surface area (Å²) in [6, 6.07) is 20.0. The van der Waals surface area contributed by atoms with Gasteiger partial charge in [-0.1, -0.05) is 36.4 Å². The average Bonchev–Trinajstić information content (AvgIpc) is 2.82. The Hall–Kier alpha value is -3.73. The van der Waals surface area contributed by atoms with Crippen molar-refractivity contribution in [3.05, 3.63) is 66.9 Å². The van der Waals surface area contributed by atoms with Crippen molar-refractivity contribution in [3.8, 4) is 45.3 Å². The van der Waals surface area contributed by atoms with Gasteiger partial charge in [-0.2, -0.15) is 0 Å². The van der Waals surface area contributed by atoms with E-state index in [4.69, 9.17) is 23.9 Å². The predicted molar refractivity (Wildman–Crippen MR) is 119 cm³/mol. The second-order valence-corrected chi connectivity index (χ2v) is 6.71. The van der Waals surface area contributed by atoms with Crippen molar-refractivity contribution in [1.82, 2.24) is 4.98 Å². The fourth-order valence-corrected chi connectivity index (χ4v) is 3.65. The lowest BCUT2D eigenvalue weighted by atomic mass is 9.96. The number of nitrogens with zero attached hydrogens (tertiary/aromatic N) is 1. The zero-order valence-electron chi connectivity index (χ0n) is 17.4. The smallest absolute Gasteiger partial charge is 0.169 e. The quantitative estimate of drug-likeness (QED) is 0.421. The molecule has 30 heavy (non-hydrogen) atoms. The molecule has 3 aromatic carbocycles. The van der Waals surface area contributed by atoms with E-state index < -0.39 is 0 Å². The topological polar surface area (TPSA) is 49.8 Å². The van der Waals surface area contributed by atoms with Crippen LogP contribution in [0, 0.1) is 0 Å². The van der Waals surface area contributed by atoms with Crippen LogP contribution in [0.25, 0.3) is 33.2 Å². The molecule has 4 rings (SSSR count). The highest BCUT2D eigenvalue weighted by molar-refractivity contribution is 6.01. The van der Waals surface area contributed by atoms with Crippen LogP contribution in [0.15, 0.2) is 66.9 Å². The summed E-state index contributed by atoms with van der Waals surface area (Å²) in [6.45, 7) is 0. The fraction of sp³-hybridized carbons (Fsp3) is 0.160. The van der Waals surface area contributed by atoms with Gasteiger partial charge >= 0.3 is 0 Å². The SMILES string of the molecule is COc1ccc(-c2cnc3cc(OC)c(OC)c(-c4ccccc4)c3c2)cc1OC. The Balaban J connectivity index is 1.99. The van der Waals surface area contributed by atoms with Gasteiger partial charge in [0.15, 0.2) is 23.0 Å². The van der Waals surface area contributed by atoms with Crippen molar-refractivity contribution < 1.29 is 18.9 Å². The van der Waals surface area contributed by atoms with Crippen LogP contribution in [-0.4, -0.2) is 33.4 Å². The molecule has 4 aromatic rings. The van der Waals surface area contributed by atoms with Gasteiger partial charge in [0, 0.05) is 28.8 Å². The Bertz CT molecular complexity index is 1190. The molecule has 0 aliphatic carbocycles. The van der Waals surface area contributed by atoms with Crippen molar-refractivity contribution in [2.75, 3.05) is 28.4 Å². The summed E-state index contributed by atoms with van der Waals surface area (Å²) in [5.41, 5.74) is 4.76. The zero-order valence-corrected chi connectivity index (χ0v) is 17.4. The van der Waals surface area contributed by atoms with Gasteiger partial charge in [0.1, 0.15) is 0 Å². The average molecular weight is 401 g/mol. The van der Waals surface area contributed by atoms with E-state index in [2.05, 4.69) is 18.2 Å². The monoisotopic (exact) mass is 401 g/mol. The molecule has 0 unspecified atom stereocenters. The van der Waals surface area contributed by atoms with Crippen molar-refractivity contribution in [1.29, 1.82) is 0 Å². The molecule has 0 saturated heterocycles. The molecule has 0 aliphatic rings. The Morgan fingerprint density at radius 2 is 1.33 bits per heavy atom. The summed E-state index contributed by atoms with van der Waals surface area (Å²) in [7, 11) is 6.55. The number of methoxy groups -OCH3 is 4. The first kappa shape index (κ1) is 19.6. The highest BCUT2D eigenvalue weighted by Gasteiger charge is 2.18. The van der Waals surface area contributed by atoms with Crippen LogP contribution in [0.4, 0.5) is 0 Å². The van der Waals surface area contributed by atoms with Crippen LogP contribution >= 0.6 is 0 Å². The summed E-state index contributed by atoms with van der Waals surface area (Å²) < 4.78 is 22.2. The summed E-state index contributed by atoms with van der Waals surface area (Å²) in [6.07, 6.45) is 1.85. The van der Waals surface area contributed by atoms with Gasteiger partial charge in [0.2, 0.25) is 0 Å². The highest BCUT2D eigenvalue weighted by atomic mass is 16.5. The molecule has 0 saturated carbocycles. The minimum atomic E-state index is 0.648. The van der Waals surface area contributed by atoms with Crippen LogP contribution < -0.4 is 18.9 Å². The molecule has 0 amide bonds. The van der Waals surface area contributed by atoms with Crippen LogP contribution in [-0.2, 0) is 0 Å². The van der Waals surface area contributed by atoms with Crippen LogP contribution in [0.1, 0.15) is 0 Å². The first-order valence-electron chi connectivity index (χ1n) is 9.52. The summed E-state index contributed by atoms with van der Waals surface area (Å²) >= 11 is 0. The Morgan fingerprint density at radius 1 is 0.600 bits per heavy atom. The lowest BCUT2D eigenvalue weighted by molar-refractivity contribution is 0.355. The molecule has 0 bridgehead atoms. The first-order valence-corrected chi connectivity index (χ1v) is 9.52. The van der Waals surface area contributed by atoms with Crippen molar-refractivity contribution in [2.45, 2.75) is 0 Å². The van der Waals surface area contributed by atoms with Gasteiger partial charge in [-0.3, -0.25) is 4.98 Å². The van der Waals surface area contributed by atoms with E-state index >= 15 is 0 Å². The van der Waals surface area contributed by atoms with E-state index in [0.717, 1.165) is 33.2 Å². The van der Waals surface area contributed by atoms with Gasteiger partial charge in [0.25, 0.3) is 0 Å². The molecular formula is C25H23NO4. The molecule has 0 spiro atoms. The number of pyridine rings is 1. The summed E-state index contributed by atoms with van der Waals surface area (Å²) in [5.74, 6) is 2.69. The van der Waals surface area contributed by atoms with Crippen molar-refractivity contribution in [3.63, 3.8) is 0 Å². The van der Waals surface area contributed by atoms with Crippen molar-refractivity contribution in [2.24, 2.45) is 0 Å². The summed E-state index contributed by atoms with van der Waals surface area (Å²) in [5, 5.41) is 0.978. The van der Waals surface area contributed by atoms with Gasteiger partial charge in [-0.15, -0.1) is 0 Å². The minimum Gasteiger partial charge on any atom is -0.493 e. The lowest BCUT2D eigenvalue weighted by Gasteiger charge is -2.17. The first-order chi connectivity index (χ1) is 14.7. The van der Waals surface area contributed by atoms with E-state index in [-0.39, 0.29) is 0 Å². The second kappa shape index (κ2) is 8.33. The number of fused-ring (bicyclic) bond motifs is 1. The molecule has 0 N–H and O–H groups in total. The number of aromatic nitrogens is 1. The number of hydrogen-bond acceptors (Lipinski definition) is 5. The largest absolute Gasteiger partial charge is 0.493 e. The molecule has 152 valence electrons. The van der Waals surface area contributed by atoms with Crippen molar-refractivity contribution >= 4 is 10.9 Å². The van der Waals surface area contributed by atoms with Crippen LogP contribution in [0.3, 0.4) is 0 Å². The lowest BCUT2D eigenvalue weighted by Crippen LogP contribution is -1.96. The number of benzene rings is 3. The predicted octanol–water partition coefficient (Wildman–Crippen LogP) is 5.60. The third-order valence-corrected chi connectivity index (χ3v) is 5.11. The second-order valence-electron chi connectivity index (χ2n) is 6.71. The molecular weight excluding hydrogens is 378 g/mol. The third-order valence-electron chi connectivity index (χ3n) is 5.11. The number of ether oxygens (including phenoxy) is 4. The number of hydrogen-bond donors (Lipinski definition) is 0. The molecule has 0 atom stereocenters. The molecule has 1 heterocycles. The summed E-state index contributed by atoms with van der Waals surface area (Å²) in [4.78, 5) is 4.72. The maximum absolute atomic E-state index is 5.75. The van der Waals surface area contributed by atoms with Gasteiger partial charge in [-0.25, -0.2) is 0 Å². The van der Waals surface area contributed by atoms with Gasteiger partial charge in [0.05, 0.1) is 34.0 Å². The standard InChI is InChI=1S/C25H23NO4/c1-27-21-11-10-17(13-22(21)28-2)18-12-19-20(26-15-18)14-23(29-3)25(30-4)24(19)16-8-6-5-7-9-16/h5-15H,1-4H3. The Labute approximate surface area is 175 Å². The van der Waals surface area contributed by atoms with E-state index in [1.165, 1.54) is 0 Å². The molecule has 5 nitrogen and oxygen atoms in total. The molecule has 1 aromatic heterocycles. The molecule has 0 fully saturated rings. The molecule has 0 radical (unpaired) electrons. The molecule has 0 aliphatic heterocycles. The minimum absolute atomic E-state index is 0.648. The van der Waals surface area contributed by atoms with E-state index in [1.54, 1.807) is 28.4 Å². The fourth-order valence-electron chi connectivity index (χ4n) is 3.65. The van der Waals surface area contributed by atoms with E-state index in [0.29, 0.717) is 23.0 Å². The van der Waals surface area contributed by atoms with E-state index in [9.17, 15) is 0 Å². The van der Waals surface area contributed by atoms with Gasteiger partial charge in [-0.05, 0) is 29.3 Å². The normalized spacial score (nSPS) is 10.7. The maximum Gasteiger partial charge on any atom is 0.169 e. The highest BCUT2D eigenvalue weighted by Crippen LogP contribution is 2.44. The maximum atomic E-state index is 5.75.